The van der Waals surface area contributed by atoms with E-state index in [0.29, 0.717) is 17.4 Å². The topological polar surface area (TPSA) is 32.3 Å². The zero-order chi connectivity index (χ0) is 19.0. The van der Waals surface area contributed by atoms with E-state index in [-0.39, 0.29) is 6.04 Å². The van der Waals surface area contributed by atoms with Gasteiger partial charge in [-0.05, 0) is 71.1 Å². The van der Waals surface area contributed by atoms with E-state index in [9.17, 15) is 18.3 Å². The number of nitrogens with one attached hydrogen (secondary N) is 1. The minimum absolute atomic E-state index is 0.240. The van der Waals surface area contributed by atoms with Gasteiger partial charge in [-0.3, -0.25) is 0 Å². The molecule has 1 heterocycles. The van der Waals surface area contributed by atoms with E-state index >= 15 is 0 Å². The fourth-order valence-electron chi connectivity index (χ4n) is 4.12. The second-order valence-corrected chi connectivity index (χ2v) is 7.34. The molecule has 2 nitrogen and oxygen atoms in total. The van der Waals surface area contributed by atoms with Crippen molar-refractivity contribution in [2.45, 2.75) is 44.0 Å². The Kier molecular flexibility index (Phi) is 4.82. The van der Waals surface area contributed by atoms with Crippen LogP contribution in [-0.4, -0.2) is 17.7 Å². The largest absolute Gasteiger partial charge is 0.416 e. The average molecular weight is 373 g/mol. The summed E-state index contributed by atoms with van der Waals surface area (Å²) >= 11 is 0. The number of hydrogen-bond acceptors (Lipinski definition) is 2. The zero-order valence-electron chi connectivity index (χ0n) is 14.9. The molecule has 3 aromatic carbocycles. The normalized spacial score (nSPS) is 19.5. The van der Waals surface area contributed by atoms with Crippen molar-refractivity contribution in [3.05, 3.63) is 59.7 Å². The van der Waals surface area contributed by atoms with Crippen LogP contribution in [0.25, 0.3) is 21.5 Å². The van der Waals surface area contributed by atoms with Crippen molar-refractivity contribution in [1.29, 1.82) is 0 Å². The van der Waals surface area contributed by atoms with Crippen molar-refractivity contribution in [2.24, 2.45) is 0 Å². The molecule has 3 aromatic rings. The maximum absolute atomic E-state index is 13.1. The summed E-state index contributed by atoms with van der Waals surface area (Å²) < 4.78 is 39.4. The molecule has 0 saturated carbocycles. The number of alkyl halides is 3. The van der Waals surface area contributed by atoms with Crippen LogP contribution < -0.4 is 5.32 Å². The van der Waals surface area contributed by atoms with Crippen LogP contribution in [0.1, 0.15) is 42.9 Å². The molecule has 2 unspecified atom stereocenters. The number of aliphatic hydroxyl groups excluding tert-OH is 1. The Hall–Kier alpha value is -2.11. The molecule has 0 aliphatic carbocycles. The van der Waals surface area contributed by atoms with Gasteiger partial charge in [0.1, 0.15) is 0 Å². The van der Waals surface area contributed by atoms with Crippen LogP contribution in [0, 0.1) is 0 Å². The molecule has 0 amide bonds. The van der Waals surface area contributed by atoms with E-state index in [1.54, 1.807) is 6.07 Å². The monoisotopic (exact) mass is 373 g/mol. The Morgan fingerprint density at radius 3 is 2.48 bits per heavy atom. The number of piperidine rings is 1. The molecule has 0 aromatic heterocycles. The van der Waals surface area contributed by atoms with Crippen LogP contribution >= 0.6 is 0 Å². The molecule has 0 bridgehead atoms. The highest BCUT2D eigenvalue weighted by Crippen LogP contribution is 2.37. The Morgan fingerprint density at radius 1 is 1.00 bits per heavy atom. The molecule has 27 heavy (non-hydrogen) atoms. The molecule has 5 heteroatoms. The van der Waals surface area contributed by atoms with Crippen LogP contribution in [0.5, 0.6) is 0 Å². The maximum Gasteiger partial charge on any atom is 0.416 e. The number of fused-ring (bicyclic) bond motifs is 3. The van der Waals surface area contributed by atoms with E-state index in [1.165, 1.54) is 12.1 Å². The first-order chi connectivity index (χ1) is 12.9. The van der Waals surface area contributed by atoms with Crippen molar-refractivity contribution in [3.8, 4) is 0 Å². The van der Waals surface area contributed by atoms with E-state index < -0.39 is 17.8 Å². The third kappa shape index (κ3) is 3.66. The molecule has 1 aliphatic rings. The number of rotatable bonds is 3. The number of halogens is 3. The summed E-state index contributed by atoms with van der Waals surface area (Å²) in [6, 6.07) is 13.4. The second-order valence-electron chi connectivity index (χ2n) is 7.34. The van der Waals surface area contributed by atoms with Gasteiger partial charge in [-0.2, -0.15) is 13.2 Å². The number of benzene rings is 3. The molecule has 4 rings (SSSR count). The van der Waals surface area contributed by atoms with Gasteiger partial charge in [0, 0.05) is 6.04 Å². The highest BCUT2D eigenvalue weighted by atomic mass is 19.4. The minimum atomic E-state index is -4.38. The van der Waals surface area contributed by atoms with E-state index in [0.717, 1.165) is 48.0 Å². The molecule has 0 spiro atoms. The van der Waals surface area contributed by atoms with Gasteiger partial charge in [0.05, 0.1) is 11.7 Å². The Balaban J connectivity index is 1.81. The lowest BCUT2D eigenvalue weighted by Gasteiger charge is -2.26. The van der Waals surface area contributed by atoms with Crippen molar-refractivity contribution in [2.75, 3.05) is 6.54 Å². The zero-order valence-corrected chi connectivity index (χ0v) is 14.9. The highest BCUT2D eigenvalue weighted by Gasteiger charge is 2.30. The van der Waals surface area contributed by atoms with Gasteiger partial charge in [0.25, 0.3) is 0 Å². The fraction of sp³-hybridized carbons (Fsp3) is 0.364. The van der Waals surface area contributed by atoms with Crippen LogP contribution in [-0.2, 0) is 6.18 Å². The molecule has 1 saturated heterocycles. The lowest BCUT2D eigenvalue weighted by atomic mass is 9.90. The number of hydrogen-bond donors (Lipinski definition) is 2. The molecule has 0 radical (unpaired) electrons. The van der Waals surface area contributed by atoms with E-state index in [1.807, 2.05) is 24.3 Å². The van der Waals surface area contributed by atoms with Gasteiger partial charge in [-0.25, -0.2) is 0 Å². The fourth-order valence-corrected chi connectivity index (χ4v) is 4.12. The van der Waals surface area contributed by atoms with E-state index in [4.69, 9.17) is 0 Å². The van der Waals surface area contributed by atoms with Crippen molar-refractivity contribution >= 4 is 21.5 Å². The van der Waals surface area contributed by atoms with Crippen LogP contribution in [0.2, 0.25) is 0 Å². The molecule has 1 fully saturated rings. The standard InChI is InChI=1S/C22H22F3NO/c23-22(24,25)15-8-9-17-14(11-15)12-20(19-7-2-1-6-18(17)19)21(27)13-16-5-3-4-10-26-16/h1-2,6-9,11-12,16,21,26-27H,3-5,10,13H2. The van der Waals surface area contributed by atoms with Crippen molar-refractivity contribution < 1.29 is 18.3 Å². The molecular weight excluding hydrogens is 351 g/mol. The Labute approximate surface area is 156 Å². The predicted molar refractivity (Wildman–Crippen MR) is 102 cm³/mol. The second kappa shape index (κ2) is 7.13. The maximum atomic E-state index is 13.1. The summed E-state index contributed by atoms with van der Waals surface area (Å²) in [7, 11) is 0. The Morgan fingerprint density at radius 2 is 1.78 bits per heavy atom. The van der Waals surface area contributed by atoms with Gasteiger partial charge < -0.3 is 10.4 Å². The van der Waals surface area contributed by atoms with E-state index in [2.05, 4.69) is 5.32 Å². The van der Waals surface area contributed by atoms with Gasteiger partial charge in [-0.1, -0.05) is 36.8 Å². The summed E-state index contributed by atoms with van der Waals surface area (Å²) in [4.78, 5) is 0. The first-order valence-corrected chi connectivity index (χ1v) is 9.37. The first kappa shape index (κ1) is 18.3. The third-order valence-corrected chi connectivity index (χ3v) is 5.50. The lowest BCUT2D eigenvalue weighted by Crippen LogP contribution is -2.35. The minimum Gasteiger partial charge on any atom is -0.388 e. The Bertz CT molecular complexity index is 961. The lowest BCUT2D eigenvalue weighted by molar-refractivity contribution is -0.137. The summed E-state index contributed by atoms with van der Waals surface area (Å²) in [5.74, 6) is 0. The molecule has 142 valence electrons. The van der Waals surface area contributed by atoms with Gasteiger partial charge in [0.2, 0.25) is 0 Å². The summed E-state index contributed by atoms with van der Waals surface area (Å²) in [5, 5.41) is 17.4. The highest BCUT2D eigenvalue weighted by molar-refractivity contribution is 6.09. The van der Waals surface area contributed by atoms with Crippen molar-refractivity contribution in [3.63, 3.8) is 0 Å². The van der Waals surface area contributed by atoms with Gasteiger partial charge in [0.15, 0.2) is 0 Å². The third-order valence-electron chi connectivity index (χ3n) is 5.50. The SMILES string of the molecule is OC(CC1CCCCN1)c1cc2cc(C(F)(F)F)ccc2c2ccccc12. The summed E-state index contributed by atoms with van der Waals surface area (Å²) in [6.45, 7) is 0.949. The molecule has 2 atom stereocenters. The van der Waals surface area contributed by atoms with Crippen LogP contribution in [0.3, 0.4) is 0 Å². The average Bonchev–Trinajstić information content (AvgIpc) is 2.67. The van der Waals surface area contributed by atoms with Crippen LogP contribution in [0.4, 0.5) is 13.2 Å². The summed E-state index contributed by atoms with van der Waals surface area (Å²) in [6.07, 6.45) is -1.24. The van der Waals surface area contributed by atoms with Crippen molar-refractivity contribution in [1.82, 2.24) is 5.32 Å². The quantitative estimate of drug-likeness (QED) is 0.588. The number of aliphatic hydroxyl groups is 1. The van der Waals surface area contributed by atoms with Gasteiger partial charge in [-0.15, -0.1) is 0 Å². The smallest absolute Gasteiger partial charge is 0.388 e. The predicted octanol–water partition coefficient (Wildman–Crippen LogP) is 5.58. The summed E-state index contributed by atoms with van der Waals surface area (Å²) in [5.41, 5.74) is 0.0319. The van der Waals surface area contributed by atoms with Gasteiger partial charge >= 0.3 is 6.18 Å². The van der Waals surface area contributed by atoms with Crippen LogP contribution in [0.15, 0.2) is 48.5 Å². The molecule has 2 N–H and O–H groups in total. The molecule has 1 aliphatic heterocycles. The molecular formula is C22H22F3NO. The first-order valence-electron chi connectivity index (χ1n) is 9.37.